The lowest BCUT2D eigenvalue weighted by atomic mass is 10.2. The number of carboxylic acids is 1. The summed E-state index contributed by atoms with van der Waals surface area (Å²) in [7, 11) is 0. The van der Waals surface area contributed by atoms with Gasteiger partial charge in [-0.3, -0.25) is 9.67 Å². The maximum absolute atomic E-state index is 10.6. The van der Waals surface area contributed by atoms with Crippen LogP contribution in [0.1, 0.15) is 16.1 Å². The molecule has 0 amide bonds. The molecule has 2 heterocycles. The molecule has 0 aliphatic carbocycles. The van der Waals surface area contributed by atoms with Crippen LogP contribution in [0, 0.1) is 0 Å². The lowest BCUT2D eigenvalue weighted by molar-refractivity contribution is 0.0690. The van der Waals surface area contributed by atoms with Gasteiger partial charge in [0.2, 0.25) is 0 Å². The van der Waals surface area contributed by atoms with Crippen molar-refractivity contribution in [3.8, 4) is 0 Å². The number of aryl methyl sites for hydroxylation is 2. The Morgan fingerprint density at radius 3 is 2.75 bits per heavy atom. The molecule has 0 aliphatic rings. The van der Waals surface area contributed by atoms with Crippen molar-refractivity contribution < 1.29 is 9.90 Å². The third-order valence-corrected chi connectivity index (χ3v) is 2.14. The second-order valence-corrected chi connectivity index (χ2v) is 3.28. The van der Waals surface area contributed by atoms with Gasteiger partial charge in [0.25, 0.3) is 0 Å². The molecule has 0 aliphatic heterocycles. The largest absolute Gasteiger partial charge is 0.476 e. The maximum atomic E-state index is 10.6. The van der Waals surface area contributed by atoms with Crippen LogP contribution in [-0.2, 0) is 13.0 Å². The van der Waals surface area contributed by atoms with Gasteiger partial charge in [-0.25, -0.2) is 4.79 Å². The quantitative estimate of drug-likeness (QED) is 0.813. The van der Waals surface area contributed by atoms with Crippen LogP contribution in [0.25, 0.3) is 0 Å². The Kier molecular flexibility index (Phi) is 2.90. The number of pyridine rings is 1. The number of hydrogen-bond donors (Lipinski definition) is 1. The summed E-state index contributed by atoms with van der Waals surface area (Å²) in [5, 5.41) is 15.9. The fourth-order valence-corrected chi connectivity index (χ4v) is 1.30. The number of carbonyl (C=O) groups is 1. The third kappa shape index (κ3) is 2.41. The van der Waals surface area contributed by atoms with Crippen LogP contribution >= 0.6 is 0 Å². The van der Waals surface area contributed by atoms with Gasteiger partial charge in [-0.2, -0.15) is 0 Å². The molecule has 6 nitrogen and oxygen atoms in total. The van der Waals surface area contributed by atoms with Crippen LogP contribution in [0.4, 0.5) is 0 Å². The van der Waals surface area contributed by atoms with Crippen molar-refractivity contribution in [1.82, 2.24) is 20.0 Å². The average Bonchev–Trinajstić information content (AvgIpc) is 2.76. The Hall–Kier alpha value is -2.24. The lowest BCUT2D eigenvalue weighted by Gasteiger charge is -1.99. The minimum Gasteiger partial charge on any atom is -0.476 e. The first-order chi connectivity index (χ1) is 7.75. The summed E-state index contributed by atoms with van der Waals surface area (Å²) in [6, 6.07) is 3.82. The summed E-state index contributed by atoms with van der Waals surface area (Å²) in [6.45, 7) is 0.601. The van der Waals surface area contributed by atoms with Gasteiger partial charge in [-0.1, -0.05) is 5.21 Å². The van der Waals surface area contributed by atoms with E-state index in [0.717, 1.165) is 12.0 Å². The van der Waals surface area contributed by atoms with Gasteiger partial charge in [-0.15, -0.1) is 5.10 Å². The number of carboxylic acid groups (broad SMARTS) is 1. The molecule has 82 valence electrons. The molecule has 0 bridgehead atoms. The molecular formula is C10H10N4O2. The highest BCUT2D eigenvalue weighted by Crippen LogP contribution is 2.00. The van der Waals surface area contributed by atoms with Gasteiger partial charge in [0.05, 0.1) is 6.20 Å². The predicted molar refractivity (Wildman–Crippen MR) is 54.9 cm³/mol. The molecular weight excluding hydrogens is 208 g/mol. The van der Waals surface area contributed by atoms with E-state index >= 15 is 0 Å². The molecule has 0 aromatic carbocycles. The number of aromatic carboxylic acids is 1. The van der Waals surface area contributed by atoms with E-state index in [9.17, 15) is 4.79 Å². The monoisotopic (exact) mass is 218 g/mol. The van der Waals surface area contributed by atoms with Gasteiger partial charge in [0.1, 0.15) is 0 Å². The SMILES string of the molecule is O=C(O)c1cn(CCc2ccncc2)nn1. The normalized spacial score (nSPS) is 10.2. The summed E-state index contributed by atoms with van der Waals surface area (Å²) < 4.78 is 1.52. The standard InChI is InChI=1S/C10H10N4O2/c15-10(16)9-7-14(13-12-9)6-3-8-1-4-11-5-2-8/h1-2,4-5,7H,3,6H2,(H,15,16). The second-order valence-electron chi connectivity index (χ2n) is 3.28. The van der Waals surface area contributed by atoms with Gasteiger partial charge >= 0.3 is 5.97 Å². The Balaban J connectivity index is 1.97. The average molecular weight is 218 g/mol. The second kappa shape index (κ2) is 4.52. The highest BCUT2D eigenvalue weighted by molar-refractivity contribution is 5.84. The Morgan fingerprint density at radius 1 is 1.38 bits per heavy atom. The van der Waals surface area contributed by atoms with Gasteiger partial charge in [0.15, 0.2) is 5.69 Å². The summed E-state index contributed by atoms with van der Waals surface area (Å²) in [6.07, 6.45) is 5.63. The van der Waals surface area contributed by atoms with Crippen molar-refractivity contribution >= 4 is 5.97 Å². The van der Waals surface area contributed by atoms with Crippen LogP contribution in [-0.4, -0.2) is 31.1 Å². The van der Waals surface area contributed by atoms with Gasteiger partial charge in [0, 0.05) is 18.9 Å². The molecule has 2 aromatic heterocycles. The molecule has 0 atom stereocenters. The minimum atomic E-state index is -1.06. The van der Waals surface area contributed by atoms with Crippen LogP contribution in [0.3, 0.4) is 0 Å². The predicted octanol–water partition coefficient (Wildman–Crippen LogP) is 0.614. The first kappa shape index (κ1) is 10.3. The zero-order chi connectivity index (χ0) is 11.4. The van der Waals surface area contributed by atoms with Crippen LogP contribution < -0.4 is 0 Å². The fraction of sp³-hybridized carbons (Fsp3) is 0.200. The molecule has 16 heavy (non-hydrogen) atoms. The Morgan fingerprint density at radius 2 is 2.12 bits per heavy atom. The van der Waals surface area contributed by atoms with Crippen molar-refractivity contribution in [2.24, 2.45) is 0 Å². The van der Waals surface area contributed by atoms with Crippen molar-refractivity contribution in [2.75, 3.05) is 0 Å². The van der Waals surface area contributed by atoms with E-state index in [4.69, 9.17) is 5.11 Å². The molecule has 2 rings (SSSR count). The van der Waals surface area contributed by atoms with Crippen molar-refractivity contribution in [1.29, 1.82) is 0 Å². The summed E-state index contributed by atoms with van der Waals surface area (Å²) in [4.78, 5) is 14.5. The van der Waals surface area contributed by atoms with Crippen LogP contribution in [0.5, 0.6) is 0 Å². The third-order valence-electron chi connectivity index (χ3n) is 2.14. The smallest absolute Gasteiger partial charge is 0.358 e. The van der Waals surface area contributed by atoms with Crippen molar-refractivity contribution in [2.45, 2.75) is 13.0 Å². The Labute approximate surface area is 91.6 Å². The van der Waals surface area contributed by atoms with E-state index in [1.165, 1.54) is 10.9 Å². The maximum Gasteiger partial charge on any atom is 0.358 e. The van der Waals surface area contributed by atoms with Gasteiger partial charge < -0.3 is 5.11 Å². The molecule has 0 saturated heterocycles. The highest BCUT2D eigenvalue weighted by Gasteiger charge is 2.07. The summed E-state index contributed by atoms with van der Waals surface area (Å²) in [5.41, 5.74) is 1.09. The highest BCUT2D eigenvalue weighted by atomic mass is 16.4. The summed E-state index contributed by atoms with van der Waals surface area (Å²) >= 11 is 0. The van der Waals surface area contributed by atoms with Gasteiger partial charge in [-0.05, 0) is 24.1 Å². The molecule has 2 aromatic rings. The number of rotatable bonds is 4. The molecule has 0 spiro atoms. The molecule has 6 heteroatoms. The van der Waals surface area contributed by atoms with E-state index in [1.54, 1.807) is 12.4 Å². The molecule has 0 unspecified atom stereocenters. The first-order valence-corrected chi connectivity index (χ1v) is 4.78. The molecule has 1 N–H and O–H groups in total. The van der Waals surface area contributed by atoms with E-state index in [-0.39, 0.29) is 5.69 Å². The molecule has 0 fully saturated rings. The van der Waals surface area contributed by atoms with E-state index in [1.807, 2.05) is 12.1 Å². The first-order valence-electron chi connectivity index (χ1n) is 4.78. The van der Waals surface area contributed by atoms with E-state index in [2.05, 4.69) is 15.3 Å². The van der Waals surface area contributed by atoms with Crippen LogP contribution in [0.15, 0.2) is 30.7 Å². The van der Waals surface area contributed by atoms with E-state index < -0.39 is 5.97 Å². The lowest BCUT2D eigenvalue weighted by Crippen LogP contribution is -2.02. The minimum absolute atomic E-state index is 0.0327. The Bertz CT molecular complexity index is 481. The number of aromatic nitrogens is 4. The van der Waals surface area contributed by atoms with Crippen molar-refractivity contribution in [3.05, 3.63) is 42.0 Å². The zero-order valence-corrected chi connectivity index (χ0v) is 8.45. The zero-order valence-electron chi connectivity index (χ0n) is 8.45. The molecule has 0 saturated carbocycles. The summed E-state index contributed by atoms with van der Waals surface area (Å²) in [5.74, 6) is -1.06. The number of nitrogens with zero attached hydrogens (tertiary/aromatic N) is 4. The topological polar surface area (TPSA) is 80.9 Å². The molecule has 0 radical (unpaired) electrons. The number of hydrogen-bond acceptors (Lipinski definition) is 4. The fourth-order valence-electron chi connectivity index (χ4n) is 1.30. The van der Waals surface area contributed by atoms with Crippen LogP contribution in [0.2, 0.25) is 0 Å². The van der Waals surface area contributed by atoms with Crippen molar-refractivity contribution in [3.63, 3.8) is 0 Å². The van der Waals surface area contributed by atoms with E-state index in [0.29, 0.717) is 6.54 Å².